The van der Waals surface area contributed by atoms with Crippen LogP contribution in [0.2, 0.25) is 0 Å². The van der Waals surface area contributed by atoms with Gasteiger partial charge in [-0.1, -0.05) is 13.8 Å². The summed E-state index contributed by atoms with van der Waals surface area (Å²) in [5.74, 6) is 1.69. The second kappa shape index (κ2) is 8.47. The smallest absolute Gasteiger partial charge is 0.251 e. The van der Waals surface area contributed by atoms with Gasteiger partial charge in [0, 0.05) is 30.9 Å². The van der Waals surface area contributed by atoms with Crippen LogP contribution in [0.1, 0.15) is 57.3 Å². The Morgan fingerprint density at radius 1 is 1.33 bits per heavy atom. The molecule has 1 amide bonds. The number of amides is 1. The van der Waals surface area contributed by atoms with Crippen molar-refractivity contribution in [1.82, 2.24) is 10.3 Å². The van der Waals surface area contributed by atoms with Crippen LogP contribution in [0.5, 0.6) is 0 Å². The van der Waals surface area contributed by atoms with E-state index in [-0.39, 0.29) is 18.1 Å². The molecule has 1 aliphatic rings. The molecule has 0 saturated carbocycles. The Bertz CT molecular complexity index is 537. The molecule has 5 nitrogen and oxygen atoms in total. The number of nitrogens with one attached hydrogen (secondary N) is 1. The first-order valence-corrected chi connectivity index (χ1v) is 9.06. The SMILES string of the molecule is CC(C)C[C@@H](O)C1CCN(c2cc(C(=O)NC(C)C)ccn2)CC1. The van der Waals surface area contributed by atoms with Crippen LogP contribution in [0.4, 0.5) is 5.82 Å². The monoisotopic (exact) mass is 333 g/mol. The molecule has 1 saturated heterocycles. The van der Waals surface area contributed by atoms with Crippen LogP contribution in [0, 0.1) is 11.8 Å². The number of nitrogens with zero attached hydrogens (tertiary/aromatic N) is 2. The largest absolute Gasteiger partial charge is 0.393 e. The molecule has 0 aromatic carbocycles. The zero-order valence-electron chi connectivity index (χ0n) is 15.3. The molecule has 1 aliphatic heterocycles. The van der Waals surface area contributed by atoms with E-state index in [4.69, 9.17) is 0 Å². The minimum atomic E-state index is -0.205. The number of rotatable bonds is 6. The second-order valence-electron chi connectivity index (χ2n) is 7.55. The highest BCUT2D eigenvalue weighted by molar-refractivity contribution is 5.94. The molecule has 24 heavy (non-hydrogen) atoms. The van der Waals surface area contributed by atoms with Crippen LogP contribution < -0.4 is 10.2 Å². The number of hydrogen-bond donors (Lipinski definition) is 2. The Morgan fingerprint density at radius 2 is 2.00 bits per heavy atom. The third-order valence-corrected chi connectivity index (χ3v) is 4.55. The first-order chi connectivity index (χ1) is 11.4. The van der Waals surface area contributed by atoms with Crippen LogP contribution in [-0.4, -0.2) is 41.2 Å². The summed E-state index contributed by atoms with van der Waals surface area (Å²) < 4.78 is 0. The Balaban J connectivity index is 1.95. The van der Waals surface area contributed by atoms with Gasteiger partial charge in [0.1, 0.15) is 5.82 Å². The van der Waals surface area contributed by atoms with Crippen molar-refractivity contribution in [3.8, 4) is 0 Å². The van der Waals surface area contributed by atoms with Crippen LogP contribution in [-0.2, 0) is 0 Å². The molecule has 2 N–H and O–H groups in total. The molecule has 0 spiro atoms. The molecule has 134 valence electrons. The molecular formula is C19H31N3O2. The van der Waals surface area contributed by atoms with Gasteiger partial charge in [0.2, 0.25) is 0 Å². The minimum Gasteiger partial charge on any atom is -0.393 e. The lowest BCUT2D eigenvalue weighted by Gasteiger charge is -2.35. The van der Waals surface area contributed by atoms with Crippen molar-refractivity contribution in [2.75, 3.05) is 18.0 Å². The topological polar surface area (TPSA) is 65.5 Å². The van der Waals surface area contributed by atoms with E-state index >= 15 is 0 Å². The highest BCUT2D eigenvalue weighted by atomic mass is 16.3. The Hall–Kier alpha value is -1.62. The van der Waals surface area contributed by atoms with Gasteiger partial charge in [0.25, 0.3) is 5.91 Å². The van der Waals surface area contributed by atoms with Crippen LogP contribution in [0.25, 0.3) is 0 Å². The molecule has 0 unspecified atom stereocenters. The zero-order valence-corrected chi connectivity index (χ0v) is 15.3. The van der Waals surface area contributed by atoms with E-state index in [1.165, 1.54) is 0 Å². The van der Waals surface area contributed by atoms with Gasteiger partial charge in [-0.3, -0.25) is 4.79 Å². The maximum atomic E-state index is 12.1. The molecule has 2 rings (SSSR count). The number of hydrogen-bond acceptors (Lipinski definition) is 4. The molecule has 0 bridgehead atoms. The first-order valence-electron chi connectivity index (χ1n) is 9.06. The van der Waals surface area contributed by atoms with Crippen molar-refractivity contribution < 1.29 is 9.90 Å². The zero-order chi connectivity index (χ0) is 17.7. The van der Waals surface area contributed by atoms with E-state index in [0.29, 0.717) is 17.4 Å². The lowest BCUT2D eigenvalue weighted by molar-refractivity contribution is 0.0734. The van der Waals surface area contributed by atoms with Crippen molar-refractivity contribution >= 4 is 11.7 Å². The number of carbonyl (C=O) groups is 1. The fourth-order valence-corrected chi connectivity index (χ4v) is 3.27. The van der Waals surface area contributed by atoms with E-state index in [1.807, 2.05) is 19.9 Å². The van der Waals surface area contributed by atoms with Gasteiger partial charge in [-0.15, -0.1) is 0 Å². The highest BCUT2D eigenvalue weighted by Gasteiger charge is 2.26. The van der Waals surface area contributed by atoms with Crippen LogP contribution in [0.3, 0.4) is 0 Å². The standard InChI is InChI=1S/C19H31N3O2/c1-13(2)11-17(23)15-6-9-22(10-7-15)18-12-16(5-8-20-18)19(24)21-14(3)4/h5,8,12-15,17,23H,6-7,9-11H2,1-4H3,(H,21,24)/t17-/m1/s1. The Kier molecular flexibility index (Phi) is 6.60. The lowest BCUT2D eigenvalue weighted by Crippen LogP contribution is -2.38. The van der Waals surface area contributed by atoms with Crippen molar-refractivity contribution in [2.45, 2.75) is 59.1 Å². The van der Waals surface area contributed by atoms with Gasteiger partial charge in [-0.05, 0) is 57.1 Å². The van der Waals surface area contributed by atoms with Gasteiger partial charge in [0.05, 0.1) is 6.10 Å². The Labute approximate surface area is 145 Å². The van der Waals surface area contributed by atoms with E-state index < -0.39 is 0 Å². The number of carbonyl (C=O) groups excluding carboxylic acids is 1. The average molecular weight is 333 g/mol. The molecule has 0 aliphatic carbocycles. The van der Waals surface area contributed by atoms with E-state index in [9.17, 15) is 9.90 Å². The maximum Gasteiger partial charge on any atom is 0.251 e. The molecule has 5 heteroatoms. The lowest BCUT2D eigenvalue weighted by atomic mass is 9.87. The summed E-state index contributed by atoms with van der Waals surface area (Å²) in [6.07, 6.45) is 4.30. The van der Waals surface area contributed by atoms with Gasteiger partial charge < -0.3 is 15.3 Å². The summed E-state index contributed by atoms with van der Waals surface area (Å²) in [5, 5.41) is 13.2. The van der Waals surface area contributed by atoms with Crippen molar-refractivity contribution in [3.05, 3.63) is 23.9 Å². The molecular weight excluding hydrogens is 302 g/mol. The van der Waals surface area contributed by atoms with E-state index in [1.54, 1.807) is 12.3 Å². The normalized spacial score (nSPS) is 17.4. The summed E-state index contributed by atoms with van der Waals surface area (Å²) in [5.41, 5.74) is 0.649. The van der Waals surface area contributed by atoms with E-state index in [2.05, 4.69) is 29.0 Å². The highest BCUT2D eigenvalue weighted by Crippen LogP contribution is 2.27. The molecule has 1 aromatic rings. The van der Waals surface area contributed by atoms with Crippen molar-refractivity contribution in [3.63, 3.8) is 0 Å². The number of aromatic nitrogens is 1. The van der Waals surface area contributed by atoms with Gasteiger partial charge in [-0.2, -0.15) is 0 Å². The third kappa shape index (κ3) is 5.20. The van der Waals surface area contributed by atoms with Gasteiger partial charge in [-0.25, -0.2) is 4.98 Å². The molecule has 2 heterocycles. The number of piperidine rings is 1. The van der Waals surface area contributed by atoms with Crippen molar-refractivity contribution in [2.24, 2.45) is 11.8 Å². The predicted molar refractivity (Wildman–Crippen MR) is 97.2 cm³/mol. The minimum absolute atomic E-state index is 0.0594. The van der Waals surface area contributed by atoms with Gasteiger partial charge >= 0.3 is 0 Å². The van der Waals surface area contributed by atoms with E-state index in [0.717, 1.165) is 38.2 Å². The summed E-state index contributed by atoms with van der Waals surface area (Å²) in [6.45, 7) is 9.95. The second-order valence-corrected chi connectivity index (χ2v) is 7.55. The summed E-state index contributed by atoms with van der Waals surface area (Å²) in [7, 11) is 0. The number of pyridine rings is 1. The molecule has 1 fully saturated rings. The summed E-state index contributed by atoms with van der Waals surface area (Å²) in [4.78, 5) is 18.8. The maximum absolute atomic E-state index is 12.1. The molecule has 1 atom stereocenters. The van der Waals surface area contributed by atoms with Crippen molar-refractivity contribution in [1.29, 1.82) is 0 Å². The van der Waals surface area contributed by atoms with Gasteiger partial charge in [0.15, 0.2) is 0 Å². The van der Waals surface area contributed by atoms with Crippen LogP contribution >= 0.6 is 0 Å². The average Bonchev–Trinajstić information content (AvgIpc) is 2.54. The molecule has 1 aromatic heterocycles. The number of aliphatic hydroxyl groups is 1. The first kappa shape index (κ1) is 18.7. The number of aliphatic hydroxyl groups excluding tert-OH is 1. The molecule has 0 radical (unpaired) electrons. The predicted octanol–water partition coefficient (Wildman–Crippen LogP) is 2.84. The third-order valence-electron chi connectivity index (χ3n) is 4.55. The number of anilines is 1. The fourth-order valence-electron chi connectivity index (χ4n) is 3.27. The fraction of sp³-hybridized carbons (Fsp3) is 0.684. The summed E-state index contributed by atoms with van der Waals surface area (Å²) >= 11 is 0. The van der Waals surface area contributed by atoms with Crippen LogP contribution in [0.15, 0.2) is 18.3 Å². The quantitative estimate of drug-likeness (QED) is 0.840. The Morgan fingerprint density at radius 3 is 2.58 bits per heavy atom. The summed E-state index contributed by atoms with van der Waals surface area (Å²) in [6, 6.07) is 3.73.